The molecule has 0 saturated heterocycles. The Hall–Kier alpha value is -3.68. The second kappa shape index (κ2) is 5.84. The minimum atomic E-state index is -0.395. The lowest BCUT2D eigenvalue weighted by Crippen LogP contribution is -2.12. The van der Waals surface area contributed by atoms with Gasteiger partial charge in [0.15, 0.2) is 11.5 Å². The highest BCUT2D eigenvalue weighted by Gasteiger charge is 2.15. The molecule has 0 unspecified atom stereocenters. The summed E-state index contributed by atoms with van der Waals surface area (Å²) in [5.74, 6) is 1.20. The van der Waals surface area contributed by atoms with E-state index in [-0.39, 0.29) is 5.69 Å². The first-order valence-electron chi connectivity index (χ1n) is 7.06. The zero-order chi connectivity index (χ0) is 16.4. The number of carbonyl (C=O) groups excluding carboxylic acids is 1. The van der Waals surface area contributed by atoms with Gasteiger partial charge in [0.25, 0.3) is 5.91 Å². The van der Waals surface area contributed by atoms with E-state index in [1.54, 1.807) is 53.8 Å². The summed E-state index contributed by atoms with van der Waals surface area (Å²) in [7, 11) is 0. The van der Waals surface area contributed by atoms with Gasteiger partial charge in [0.2, 0.25) is 5.76 Å². The molecule has 0 bridgehead atoms. The van der Waals surface area contributed by atoms with Crippen molar-refractivity contribution in [3.05, 3.63) is 67.2 Å². The number of rotatable bonds is 4. The molecule has 0 atom stereocenters. The molecule has 0 aliphatic carbocycles. The van der Waals surface area contributed by atoms with E-state index >= 15 is 0 Å². The Kier molecular flexibility index (Phi) is 3.39. The van der Waals surface area contributed by atoms with Crippen molar-refractivity contribution in [1.82, 2.24) is 19.7 Å². The van der Waals surface area contributed by atoms with Crippen LogP contribution in [0, 0.1) is 0 Å². The van der Waals surface area contributed by atoms with Crippen molar-refractivity contribution in [1.29, 1.82) is 0 Å². The number of nitrogens with one attached hydrogen (secondary N) is 1. The molecule has 4 rings (SSSR count). The first-order valence-corrected chi connectivity index (χ1v) is 7.06. The molecule has 0 radical (unpaired) electrons. The number of carbonyl (C=O) groups is 1. The standard InChI is InChI=1S/C16H11N5O3/c22-16(12-8-14(24-20-12)13-2-1-7-23-13)19-11-3-4-15(18-9-11)21-6-5-17-10-21/h1-10H,(H,19,22). The van der Waals surface area contributed by atoms with Crippen molar-refractivity contribution in [2.75, 3.05) is 5.32 Å². The normalized spacial score (nSPS) is 10.7. The molecule has 24 heavy (non-hydrogen) atoms. The van der Waals surface area contributed by atoms with Crippen LogP contribution in [0.5, 0.6) is 0 Å². The highest BCUT2D eigenvalue weighted by atomic mass is 16.5. The van der Waals surface area contributed by atoms with E-state index in [1.807, 2.05) is 0 Å². The first-order chi connectivity index (χ1) is 11.8. The third-order valence-corrected chi connectivity index (χ3v) is 3.28. The van der Waals surface area contributed by atoms with Crippen LogP contribution in [-0.4, -0.2) is 25.6 Å². The predicted molar refractivity (Wildman–Crippen MR) is 83.5 cm³/mol. The van der Waals surface area contributed by atoms with Crippen LogP contribution < -0.4 is 5.32 Å². The Balaban J connectivity index is 1.48. The molecule has 1 amide bonds. The number of furan rings is 1. The van der Waals surface area contributed by atoms with Crippen LogP contribution in [0.3, 0.4) is 0 Å². The predicted octanol–water partition coefficient (Wildman–Crippen LogP) is 2.77. The summed E-state index contributed by atoms with van der Waals surface area (Å²) >= 11 is 0. The summed E-state index contributed by atoms with van der Waals surface area (Å²) in [6, 6.07) is 8.48. The van der Waals surface area contributed by atoms with Gasteiger partial charge in [-0.1, -0.05) is 5.16 Å². The van der Waals surface area contributed by atoms with Crippen LogP contribution >= 0.6 is 0 Å². The minimum absolute atomic E-state index is 0.153. The molecule has 8 nitrogen and oxygen atoms in total. The van der Waals surface area contributed by atoms with Gasteiger partial charge in [-0.2, -0.15) is 0 Å². The summed E-state index contributed by atoms with van der Waals surface area (Å²) in [5, 5.41) is 6.46. The molecule has 118 valence electrons. The number of hydrogen-bond acceptors (Lipinski definition) is 6. The highest BCUT2D eigenvalue weighted by molar-refractivity contribution is 6.03. The average molecular weight is 321 g/mol. The molecule has 4 aromatic rings. The fraction of sp³-hybridized carbons (Fsp3) is 0. The average Bonchev–Trinajstić information content (AvgIpc) is 3.35. The van der Waals surface area contributed by atoms with E-state index in [2.05, 4.69) is 20.4 Å². The van der Waals surface area contributed by atoms with Gasteiger partial charge in [-0.05, 0) is 24.3 Å². The van der Waals surface area contributed by atoms with Gasteiger partial charge in [0.1, 0.15) is 12.1 Å². The minimum Gasteiger partial charge on any atom is -0.461 e. The lowest BCUT2D eigenvalue weighted by Gasteiger charge is -2.04. The molecule has 0 fully saturated rings. The van der Waals surface area contributed by atoms with Gasteiger partial charge in [-0.3, -0.25) is 9.36 Å². The van der Waals surface area contributed by atoms with Gasteiger partial charge in [-0.25, -0.2) is 9.97 Å². The van der Waals surface area contributed by atoms with Crippen molar-refractivity contribution >= 4 is 11.6 Å². The zero-order valence-electron chi connectivity index (χ0n) is 12.3. The number of anilines is 1. The largest absolute Gasteiger partial charge is 0.461 e. The fourth-order valence-electron chi connectivity index (χ4n) is 2.12. The Morgan fingerprint density at radius 2 is 2.17 bits per heavy atom. The zero-order valence-corrected chi connectivity index (χ0v) is 12.3. The van der Waals surface area contributed by atoms with Crippen LogP contribution in [0.25, 0.3) is 17.3 Å². The van der Waals surface area contributed by atoms with Gasteiger partial charge in [0.05, 0.1) is 18.1 Å². The van der Waals surface area contributed by atoms with Crippen LogP contribution in [-0.2, 0) is 0 Å². The molecule has 0 aliphatic rings. The second-order valence-electron chi connectivity index (χ2n) is 4.88. The molecular weight excluding hydrogens is 310 g/mol. The van der Waals surface area contributed by atoms with E-state index in [4.69, 9.17) is 8.94 Å². The third-order valence-electron chi connectivity index (χ3n) is 3.28. The van der Waals surface area contributed by atoms with E-state index in [1.165, 1.54) is 12.3 Å². The Bertz CT molecular complexity index is 940. The molecular formula is C16H11N5O3. The summed E-state index contributed by atoms with van der Waals surface area (Å²) in [6.07, 6.45) is 8.17. The fourth-order valence-corrected chi connectivity index (χ4v) is 2.12. The number of pyridine rings is 1. The van der Waals surface area contributed by atoms with E-state index in [0.717, 1.165) is 0 Å². The van der Waals surface area contributed by atoms with E-state index < -0.39 is 5.91 Å². The van der Waals surface area contributed by atoms with E-state index in [0.29, 0.717) is 23.0 Å². The summed E-state index contributed by atoms with van der Waals surface area (Å²) in [5.41, 5.74) is 0.700. The number of imidazole rings is 1. The lowest BCUT2D eigenvalue weighted by atomic mass is 10.3. The number of nitrogens with zero attached hydrogens (tertiary/aromatic N) is 4. The van der Waals surface area contributed by atoms with E-state index in [9.17, 15) is 4.79 Å². The third kappa shape index (κ3) is 2.68. The summed E-state index contributed by atoms with van der Waals surface area (Å²) in [4.78, 5) is 20.4. The molecule has 0 saturated carbocycles. The number of amides is 1. The maximum atomic E-state index is 12.2. The monoisotopic (exact) mass is 321 g/mol. The van der Waals surface area contributed by atoms with Gasteiger partial charge >= 0.3 is 0 Å². The summed E-state index contributed by atoms with van der Waals surface area (Å²) in [6.45, 7) is 0. The molecule has 0 aromatic carbocycles. The maximum absolute atomic E-state index is 12.2. The Labute approximate surface area is 135 Å². The summed E-state index contributed by atoms with van der Waals surface area (Å²) < 4.78 is 12.1. The topological polar surface area (TPSA) is 99.0 Å². The Morgan fingerprint density at radius 1 is 1.21 bits per heavy atom. The quantitative estimate of drug-likeness (QED) is 0.620. The smallest absolute Gasteiger partial charge is 0.277 e. The highest BCUT2D eigenvalue weighted by Crippen LogP contribution is 2.21. The SMILES string of the molecule is O=C(Nc1ccc(-n2ccnc2)nc1)c1cc(-c2ccco2)on1. The van der Waals surface area contributed by atoms with Crippen molar-refractivity contribution in [3.63, 3.8) is 0 Å². The Morgan fingerprint density at radius 3 is 2.88 bits per heavy atom. The van der Waals surface area contributed by atoms with Crippen molar-refractivity contribution < 1.29 is 13.7 Å². The first kappa shape index (κ1) is 13.9. The molecule has 0 spiro atoms. The number of hydrogen-bond donors (Lipinski definition) is 1. The number of aromatic nitrogens is 4. The van der Waals surface area contributed by atoms with Crippen molar-refractivity contribution in [3.8, 4) is 17.3 Å². The second-order valence-corrected chi connectivity index (χ2v) is 4.88. The van der Waals surface area contributed by atoms with Gasteiger partial charge in [0, 0.05) is 18.5 Å². The van der Waals surface area contributed by atoms with Crippen LogP contribution in [0.1, 0.15) is 10.5 Å². The molecule has 4 heterocycles. The lowest BCUT2D eigenvalue weighted by molar-refractivity contribution is 0.101. The van der Waals surface area contributed by atoms with Crippen LogP contribution in [0.4, 0.5) is 5.69 Å². The van der Waals surface area contributed by atoms with Crippen LogP contribution in [0.15, 0.2) is 70.5 Å². The molecule has 1 N–H and O–H groups in total. The molecule has 8 heteroatoms. The maximum Gasteiger partial charge on any atom is 0.277 e. The van der Waals surface area contributed by atoms with Crippen molar-refractivity contribution in [2.24, 2.45) is 0 Å². The molecule has 0 aliphatic heterocycles. The van der Waals surface area contributed by atoms with Gasteiger partial charge < -0.3 is 14.3 Å². The molecule has 4 aromatic heterocycles. The van der Waals surface area contributed by atoms with Crippen molar-refractivity contribution in [2.45, 2.75) is 0 Å². The van der Waals surface area contributed by atoms with Crippen LogP contribution in [0.2, 0.25) is 0 Å². The van der Waals surface area contributed by atoms with Gasteiger partial charge in [-0.15, -0.1) is 0 Å².